The molecule has 1 radical (unpaired) electrons. The van der Waals surface area contributed by atoms with Crippen molar-refractivity contribution in [2.75, 3.05) is 31.6 Å². The van der Waals surface area contributed by atoms with Gasteiger partial charge in [-0.05, 0) is 48.2 Å². The van der Waals surface area contributed by atoms with Crippen molar-refractivity contribution in [1.82, 2.24) is 10.3 Å². The first kappa shape index (κ1) is 28.5. The molecule has 211 valence electrons. The molecule has 6 nitrogen and oxygen atoms in total. The molecule has 2 atom stereocenters. The molecular weight excluding hydrogens is 543 g/mol. The fourth-order valence-corrected chi connectivity index (χ4v) is 5.49. The molecule has 40 heavy (non-hydrogen) atoms. The van der Waals surface area contributed by atoms with Gasteiger partial charge in [-0.25, -0.2) is 13.2 Å². The maximum absolute atomic E-state index is 14.9. The summed E-state index contributed by atoms with van der Waals surface area (Å²) in [4.78, 5) is 17.1. The Morgan fingerprint density at radius 2 is 1.82 bits per heavy atom. The lowest BCUT2D eigenvalue weighted by molar-refractivity contribution is -0.160. The highest BCUT2D eigenvalue weighted by Gasteiger charge is 2.38. The van der Waals surface area contributed by atoms with Crippen LogP contribution in [0.1, 0.15) is 41.9 Å². The topological polar surface area (TPSA) is 72.5 Å². The van der Waals surface area contributed by atoms with E-state index in [1.54, 1.807) is 24.3 Å². The molecule has 0 saturated carbocycles. The van der Waals surface area contributed by atoms with E-state index >= 15 is 0 Å². The predicted octanol–water partition coefficient (Wildman–Crippen LogP) is 5.60. The van der Waals surface area contributed by atoms with Gasteiger partial charge in [-0.1, -0.05) is 23.7 Å². The Morgan fingerprint density at radius 1 is 1.10 bits per heavy atom. The first-order valence-electron chi connectivity index (χ1n) is 13.3. The van der Waals surface area contributed by atoms with E-state index in [-0.39, 0.29) is 23.0 Å². The molecule has 1 aromatic heterocycles. The molecule has 0 bridgehead atoms. The summed E-state index contributed by atoms with van der Waals surface area (Å²) < 4.78 is 55.0. The lowest BCUT2D eigenvalue weighted by Gasteiger charge is -2.44. The number of hydrogen-bond donors (Lipinski definition) is 2. The summed E-state index contributed by atoms with van der Waals surface area (Å²) in [7, 11) is 0. The smallest absolute Gasteiger partial charge is 0.229 e. The van der Waals surface area contributed by atoms with Crippen molar-refractivity contribution in [2.24, 2.45) is 0 Å². The first-order valence-corrected chi connectivity index (χ1v) is 13.6. The van der Waals surface area contributed by atoms with Gasteiger partial charge >= 0.3 is 0 Å². The van der Waals surface area contributed by atoms with E-state index < -0.39 is 29.3 Å². The van der Waals surface area contributed by atoms with Crippen LogP contribution in [0.25, 0.3) is 0 Å². The van der Waals surface area contributed by atoms with Crippen molar-refractivity contribution in [3.63, 3.8) is 0 Å². The highest BCUT2D eigenvalue weighted by molar-refractivity contribution is 6.30. The summed E-state index contributed by atoms with van der Waals surface area (Å²) in [5, 5.41) is 6.64. The van der Waals surface area contributed by atoms with Crippen LogP contribution in [0.2, 0.25) is 5.02 Å². The number of nitrogens with zero attached hydrogens (tertiary/aromatic N) is 1. The van der Waals surface area contributed by atoms with Gasteiger partial charge in [-0.3, -0.25) is 9.78 Å². The number of amides is 1. The maximum Gasteiger partial charge on any atom is 0.229 e. The third-order valence-electron chi connectivity index (χ3n) is 7.41. The highest BCUT2D eigenvalue weighted by Crippen LogP contribution is 2.32. The molecule has 0 unspecified atom stereocenters. The van der Waals surface area contributed by atoms with Crippen LogP contribution in [0.4, 0.5) is 18.9 Å². The molecule has 3 heterocycles. The first-order chi connectivity index (χ1) is 19.3. The summed E-state index contributed by atoms with van der Waals surface area (Å²) >= 11 is 6.02. The van der Waals surface area contributed by atoms with Crippen molar-refractivity contribution in [2.45, 2.75) is 43.3 Å². The van der Waals surface area contributed by atoms with Gasteiger partial charge in [0.1, 0.15) is 17.5 Å². The Balaban J connectivity index is 1.30. The monoisotopic (exact) mass is 572 g/mol. The van der Waals surface area contributed by atoms with Gasteiger partial charge in [0.25, 0.3) is 0 Å². The van der Waals surface area contributed by atoms with Crippen molar-refractivity contribution >= 4 is 23.2 Å². The molecule has 5 rings (SSSR count). The number of ether oxygens (including phenoxy) is 2. The van der Waals surface area contributed by atoms with E-state index in [4.69, 9.17) is 21.1 Å². The molecule has 10 heteroatoms. The summed E-state index contributed by atoms with van der Waals surface area (Å²) in [6.07, 6.45) is 6.16. The zero-order chi connectivity index (χ0) is 28.1. The van der Waals surface area contributed by atoms with E-state index in [1.165, 1.54) is 24.8 Å². The third kappa shape index (κ3) is 7.01. The molecular formula is C30H30ClF3N3O3. The lowest BCUT2D eigenvalue weighted by Crippen LogP contribution is -2.56. The normalized spacial score (nSPS) is 19.4. The summed E-state index contributed by atoms with van der Waals surface area (Å²) in [5.74, 6) is -3.42. The van der Waals surface area contributed by atoms with Gasteiger partial charge in [-0.15, -0.1) is 0 Å². The number of benzene rings is 2. The zero-order valence-electron chi connectivity index (χ0n) is 21.8. The Hall–Kier alpha value is -2.98. The van der Waals surface area contributed by atoms with Crippen LogP contribution < -0.4 is 10.6 Å². The largest absolute Gasteiger partial charge is 0.381 e. The summed E-state index contributed by atoms with van der Waals surface area (Å²) in [6, 6.07) is 9.73. The molecule has 2 aliphatic heterocycles. The minimum Gasteiger partial charge on any atom is -0.381 e. The Kier molecular flexibility index (Phi) is 9.05. The number of rotatable bonds is 8. The van der Waals surface area contributed by atoms with E-state index in [2.05, 4.69) is 15.6 Å². The second-order valence-corrected chi connectivity index (χ2v) is 10.7. The quantitative estimate of drug-likeness (QED) is 0.368. The van der Waals surface area contributed by atoms with E-state index in [1.807, 2.05) is 0 Å². The predicted molar refractivity (Wildman–Crippen MR) is 146 cm³/mol. The molecule has 2 aromatic carbocycles. The molecule has 1 amide bonds. The van der Waals surface area contributed by atoms with Crippen molar-refractivity contribution in [3.05, 3.63) is 100 Å². The number of carbonyl (C=O) groups excluding carboxylic acids is 1. The summed E-state index contributed by atoms with van der Waals surface area (Å²) in [5.41, 5.74) is 1.12. The molecule has 1 spiro atoms. The second-order valence-electron chi connectivity index (χ2n) is 10.2. The van der Waals surface area contributed by atoms with Crippen molar-refractivity contribution in [3.8, 4) is 0 Å². The summed E-state index contributed by atoms with van der Waals surface area (Å²) in [6.45, 7) is 2.72. The molecule has 3 aromatic rings. The molecule has 2 fully saturated rings. The van der Waals surface area contributed by atoms with Crippen LogP contribution in [0.3, 0.4) is 0 Å². The molecule has 0 aliphatic carbocycles. The van der Waals surface area contributed by atoms with Crippen LogP contribution >= 0.6 is 11.6 Å². The molecule has 2 saturated heterocycles. The number of halogens is 4. The van der Waals surface area contributed by atoms with Crippen LogP contribution in [0.5, 0.6) is 0 Å². The van der Waals surface area contributed by atoms with Crippen molar-refractivity contribution < 1.29 is 27.4 Å². The average Bonchev–Trinajstić information content (AvgIpc) is 2.92. The van der Waals surface area contributed by atoms with Gasteiger partial charge in [0.2, 0.25) is 5.91 Å². The molecule has 2 aliphatic rings. The SMILES string of the molecule is O=C([CH][C@@H](c1ccc(Cl)cc1)c1cc(F)cc(F)c1)Nc1cncc(F)c1CC[C@@H]1CNCC2(CCOCC2)O1. The van der Waals surface area contributed by atoms with Crippen molar-refractivity contribution in [1.29, 1.82) is 0 Å². The Labute approximate surface area is 236 Å². The zero-order valence-corrected chi connectivity index (χ0v) is 22.5. The van der Waals surface area contributed by atoms with Gasteiger partial charge in [0.15, 0.2) is 0 Å². The van der Waals surface area contributed by atoms with E-state index in [0.29, 0.717) is 48.7 Å². The Morgan fingerprint density at radius 3 is 2.55 bits per heavy atom. The highest BCUT2D eigenvalue weighted by atomic mass is 35.5. The van der Waals surface area contributed by atoms with Crippen LogP contribution in [0, 0.1) is 23.9 Å². The van der Waals surface area contributed by atoms with Crippen LogP contribution in [0.15, 0.2) is 54.9 Å². The Bertz CT molecular complexity index is 1310. The number of hydrogen-bond acceptors (Lipinski definition) is 5. The minimum atomic E-state index is -0.787. The minimum absolute atomic E-state index is 0.119. The number of carbonyl (C=O) groups is 1. The van der Waals surface area contributed by atoms with Gasteiger partial charge in [0.05, 0.1) is 36.2 Å². The molecule has 2 N–H and O–H groups in total. The second kappa shape index (κ2) is 12.7. The third-order valence-corrected chi connectivity index (χ3v) is 7.66. The number of pyridine rings is 1. The van der Waals surface area contributed by atoms with Gasteiger partial charge in [-0.2, -0.15) is 0 Å². The van der Waals surface area contributed by atoms with Crippen LogP contribution in [-0.4, -0.2) is 48.9 Å². The van der Waals surface area contributed by atoms with Gasteiger partial charge < -0.3 is 20.1 Å². The number of anilines is 1. The average molecular weight is 573 g/mol. The fourth-order valence-electron chi connectivity index (χ4n) is 5.36. The lowest BCUT2D eigenvalue weighted by atomic mass is 9.88. The fraction of sp³-hybridized carbons (Fsp3) is 0.367. The van der Waals surface area contributed by atoms with E-state index in [9.17, 15) is 18.0 Å². The van der Waals surface area contributed by atoms with E-state index in [0.717, 1.165) is 31.6 Å². The standard InChI is InChI=1S/C30H30ClF3N3O3/c31-21-3-1-19(2-4-21)26(20-11-22(32)13-23(33)12-20)14-29(38)37-28-17-35-16-27(34)25(28)6-5-24-15-36-18-30(40-24)7-9-39-10-8-30/h1-4,11-14,16-17,24,26,36H,5-10,15,18H2,(H,37,38)/t24-,26+/m1/s1. The van der Waals surface area contributed by atoms with Gasteiger partial charge in [0, 0.05) is 61.7 Å². The number of morpholine rings is 1. The van der Waals surface area contributed by atoms with Crippen LogP contribution in [-0.2, 0) is 20.7 Å². The number of aromatic nitrogens is 1. The maximum atomic E-state index is 14.9. The number of nitrogens with one attached hydrogen (secondary N) is 2.